The Bertz CT molecular complexity index is 991. The van der Waals surface area contributed by atoms with Crippen LogP contribution in [0.25, 0.3) is 0 Å². The molecule has 0 unspecified atom stereocenters. The Morgan fingerprint density at radius 3 is 2.27 bits per heavy atom. The summed E-state index contributed by atoms with van der Waals surface area (Å²) < 4.78 is 13.9. The molecule has 3 aromatic rings. The number of amides is 3. The molecule has 154 valence electrons. The lowest BCUT2D eigenvalue weighted by Crippen LogP contribution is -2.37. The first-order valence-electron chi connectivity index (χ1n) is 9.77. The molecule has 3 rings (SSSR count). The number of benzene rings is 3. The number of para-hydroxylation sites is 2. The van der Waals surface area contributed by atoms with Crippen molar-refractivity contribution in [2.24, 2.45) is 0 Å². The van der Waals surface area contributed by atoms with E-state index < -0.39 is 11.8 Å². The number of hydrogen-bond donors (Lipinski definition) is 2. The van der Waals surface area contributed by atoms with E-state index in [2.05, 4.69) is 10.6 Å². The van der Waals surface area contributed by atoms with Crippen LogP contribution in [0.1, 0.15) is 22.3 Å². The van der Waals surface area contributed by atoms with E-state index in [1.165, 1.54) is 17.0 Å². The number of hydrogen-bond acceptors (Lipinski definition) is 2. The van der Waals surface area contributed by atoms with Gasteiger partial charge >= 0.3 is 6.03 Å². The quantitative estimate of drug-likeness (QED) is 0.544. The van der Waals surface area contributed by atoms with Gasteiger partial charge in [-0.3, -0.25) is 9.69 Å². The van der Waals surface area contributed by atoms with Gasteiger partial charge in [0.2, 0.25) is 0 Å². The van der Waals surface area contributed by atoms with Gasteiger partial charge in [-0.05, 0) is 49.7 Å². The third-order valence-corrected chi connectivity index (χ3v) is 4.59. The highest BCUT2D eigenvalue weighted by Gasteiger charge is 2.17. The Kier molecular flexibility index (Phi) is 7.16. The van der Waals surface area contributed by atoms with Crippen molar-refractivity contribution in [1.82, 2.24) is 5.32 Å². The minimum atomic E-state index is -0.496. The molecule has 30 heavy (non-hydrogen) atoms. The average Bonchev–Trinajstić information content (AvgIpc) is 2.76. The van der Waals surface area contributed by atoms with Gasteiger partial charge in [-0.2, -0.15) is 0 Å². The molecule has 3 amide bonds. The largest absolute Gasteiger partial charge is 0.352 e. The Morgan fingerprint density at radius 1 is 0.900 bits per heavy atom. The van der Waals surface area contributed by atoms with Gasteiger partial charge in [-0.25, -0.2) is 9.18 Å². The van der Waals surface area contributed by atoms with E-state index in [9.17, 15) is 14.0 Å². The van der Waals surface area contributed by atoms with Crippen molar-refractivity contribution >= 4 is 23.3 Å². The van der Waals surface area contributed by atoms with Gasteiger partial charge in [0.1, 0.15) is 5.82 Å². The van der Waals surface area contributed by atoms with Gasteiger partial charge in [0.25, 0.3) is 5.91 Å². The Hall–Kier alpha value is -3.67. The summed E-state index contributed by atoms with van der Waals surface area (Å²) in [6, 6.07) is 22.1. The molecule has 0 heterocycles. The van der Waals surface area contributed by atoms with Crippen LogP contribution in [0.15, 0.2) is 78.9 Å². The van der Waals surface area contributed by atoms with E-state index in [0.29, 0.717) is 30.8 Å². The molecule has 0 aliphatic heterocycles. The topological polar surface area (TPSA) is 61.4 Å². The smallest absolute Gasteiger partial charge is 0.326 e. The Balaban J connectivity index is 1.60. The molecule has 2 N–H and O–H groups in total. The van der Waals surface area contributed by atoms with Crippen molar-refractivity contribution in [1.29, 1.82) is 0 Å². The zero-order chi connectivity index (χ0) is 21.3. The van der Waals surface area contributed by atoms with Crippen LogP contribution in [0.5, 0.6) is 0 Å². The number of aryl methyl sites for hydroxylation is 1. The van der Waals surface area contributed by atoms with Gasteiger partial charge < -0.3 is 10.6 Å². The van der Waals surface area contributed by atoms with Crippen molar-refractivity contribution in [3.8, 4) is 0 Å². The van der Waals surface area contributed by atoms with Crippen LogP contribution in [0, 0.1) is 12.7 Å². The summed E-state index contributed by atoms with van der Waals surface area (Å²) in [7, 11) is 0. The molecule has 0 aliphatic carbocycles. The molecule has 0 radical (unpaired) electrons. The van der Waals surface area contributed by atoms with Crippen molar-refractivity contribution in [2.45, 2.75) is 13.3 Å². The number of urea groups is 1. The van der Waals surface area contributed by atoms with Crippen LogP contribution in [-0.4, -0.2) is 25.0 Å². The fraction of sp³-hybridized carbons (Fsp3) is 0.167. The lowest BCUT2D eigenvalue weighted by atomic mass is 10.1. The molecule has 0 aliphatic rings. The molecular formula is C24H24FN3O2. The maximum atomic E-state index is 13.9. The molecule has 0 fully saturated rings. The highest BCUT2D eigenvalue weighted by Crippen LogP contribution is 2.18. The zero-order valence-electron chi connectivity index (χ0n) is 16.8. The predicted molar refractivity (Wildman–Crippen MR) is 117 cm³/mol. The van der Waals surface area contributed by atoms with Crippen LogP contribution < -0.4 is 15.5 Å². The van der Waals surface area contributed by atoms with E-state index >= 15 is 0 Å². The first-order chi connectivity index (χ1) is 14.5. The fourth-order valence-corrected chi connectivity index (χ4v) is 2.95. The maximum absolute atomic E-state index is 13.9. The second-order valence-corrected chi connectivity index (χ2v) is 6.87. The molecule has 6 heteroatoms. The predicted octanol–water partition coefficient (Wildman–Crippen LogP) is 4.99. The highest BCUT2D eigenvalue weighted by atomic mass is 19.1. The first-order valence-corrected chi connectivity index (χ1v) is 9.77. The fourth-order valence-electron chi connectivity index (χ4n) is 2.95. The summed E-state index contributed by atoms with van der Waals surface area (Å²) in [6.45, 7) is 2.73. The zero-order valence-corrected chi connectivity index (χ0v) is 16.8. The van der Waals surface area contributed by atoms with E-state index in [1.54, 1.807) is 24.3 Å². The number of nitrogens with zero attached hydrogens (tertiary/aromatic N) is 1. The molecule has 0 atom stereocenters. The SMILES string of the molecule is Cc1ccc(C(=O)NCCCN(C(=O)Nc2ccccc2F)c2ccccc2)cc1. The number of halogens is 1. The van der Waals surface area contributed by atoms with Crippen LogP contribution in [0.3, 0.4) is 0 Å². The molecule has 0 saturated carbocycles. The highest BCUT2D eigenvalue weighted by molar-refractivity contribution is 6.01. The second-order valence-electron chi connectivity index (χ2n) is 6.87. The number of rotatable bonds is 7. The molecule has 0 saturated heterocycles. The van der Waals surface area contributed by atoms with Gasteiger partial charge in [-0.1, -0.05) is 48.0 Å². The van der Waals surface area contributed by atoms with Crippen LogP contribution in [0.2, 0.25) is 0 Å². The standard InChI is InChI=1S/C24H24FN3O2/c1-18-12-14-19(15-13-18)23(29)26-16-7-17-28(20-8-3-2-4-9-20)24(30)27-22-11-6-5-10-21(22)25/h2-6,8-15H,7,16-17H2,1H3,(H,26,29)(H,27,30). The number of anilines is 2. The van der Waals surface area contributed by atoms with Crippen LogP contribution in [-0.2, 0) is 0 Å². The molecular weight excluding hydrogens is 381 g/mol. The van der Waals surface area contributed by atoms with Gasteiger partial charge in [0.15, 0.2) is 0 Å². The summed E-state index contributed by atoms with van der Waals surface area (Å²) in [6.07, 6.45) is 0.539. The molecule has 0 aromatic heterocycles. The molecule has 3 aromatic carbocycles. The lowest BCUT2D eigenvalue weighted by Gasteiger charge is -2.23. The van der Waals surface area contributed by atoms with E-state index in [4.69, 9.17) is 0 Å². The molecule has 5 nitrogen and oxygen atoms in total. The average molecular weight is 405 g/mol. The Labute approximate surface area is 175 Å². The van der Waals surface area contributed by atoms with Crippen LogP contribution in [0.4, 0.5) is 20.6 Å². The lowest BCUT2D eigenvalue weighted by molar-refractivity contribution is 0.0953. The third kappa shape index (κ3) is 5.67. The van der Waals surface area contributed by atoms with E-state index in [1.807, 2.05) is 49.4 Å². The molecule has 0 spiro atoms. The summed E-state index contributed by atoms with van der Waals surface area (Å²) in [4.78, 5) is 26.6. The minimum Gasteiger partial charge on any atom is -0.352 e. The van der Waals surface area contributed by atoms with Crippen molar-refractivity contribution in [3.63, 3.8) is 0 Å². The van der Waals surface area contributed by atoms with Crippen molar-refractivity contribution < 1.29 is 14.0 Å². The number of carbonyl (C=O) groups is 2. The summed E-state index contributed by atoms with van der Waals surface area (Å²) in [5.41, 5.74) is 2.50. The minimum absolute atomic E-state index is 0.121. The Morgan fingerprint density at radius 2 is 1.57 bits per heavy atom. The monoisotopic (exact) mass is 405 g/mol. The maximum Gasteiger partial charge on any atom is 0.326 e. The van der Waals surface area contributed by atoms with Gasteiger partial charge in [0.05, 0.1) is 5.69 Å². The number of carbonyl (C=O) groups excluding carboxylic acids is 2. The summed E-state index contributed by atoms with van der Waals surface area (Å²) >= 11 is 0. The first kappa shape index (κ1) is 21.0. The van der Waals surface area contributed by atoms with Crippen molar-refractivity contribution in [3.05, 3.63) is 95.8 Å². The summed E-state index contributed by atoms with van der Waals surface area (Å²) in [5.74, 6) is -0.652. The molecule has 0 bridgehead atoms. The van der Waals surface area contributed by atoms with Gasteiger partial charge in [-0.15, -0.1) is 0 Å². The van der Waals surface area contributed by atoms with Crippen LogP contribution >= 0.6 is 0 Å². The third-order valence-electron chi connectivity index (χ3n) is 4.59. The van der Waals surface area contributed by atoms with E-state index in [-0.39, 0.29) is 11.6 Å². The number of nitrogens with one attached hydrogen (secondary N) is 2. The summed E-state index contributed by atoms with van der Waals surface area (Å²) in [5, 5.41) is 5.48. The van der Waals surface area contributed by atoms with Crippen molar-refractivity contribution in [2.75, 3.05) is 23.3 Å². The normalized spacial score (nSPS) is 10.3. The second kappa shape index (κ2) is 10.2. The van der Waals surface area contributed by atoms with E-state index in [0.717, 1.165) is 5.56 Å². The van der Waals surface area contributed by atoms with Gasteiger partial charge in [0, 0.05) is 24.3 Å².